The molecule has 2 heterocycles. The fourth-order valence-corrected chi connectivity index (χ4v) is 5.07. The van der Waals surface area contributed by atoms with Crippen molar-refractivity contribution in [1.29, 1.82) is 0 Å². The molecule has 5 nitrogen and oxygen atoms in total. The standard InChI is InChI=1S/C22H21F3N4OS2/c23-22(24,25)16(28-15-6-2-1-3-7-15)8-4-5-11-26-19(30)17-18(14-9-10-14)32-21(29-17)20-27-12-13-31-20/h1-3,6-7,12-14H,4-5,8-11H2,(H,26,30)/b28-16-. The van der Waals surface area contributed by atoms with Crippen LogP contribution in [0.4, 0.5) is 18.9 Å². The number of hydrogen-bond donors (Lipinski definition) is 1. The molecular weight excluding hydrogens is 457 g/mol. The Bertz CT molecular complexity index is 1070. The molecule has 0 spiro atoms. The average Bonchev–Trinajstić information content (AvgIpc) is 3.28. The number of amides is 1. The molecule has 10 heteroatoms. The third kappa shape index (κ3) is 5.80. The number of thiazole rings is 2. The van der Waals surface area contributed by atoms with E-state index in [4.69, 9.17) is 0 Å². The molecule has 1 saturated carbocycles. The van der Waals surface area contributed by atoms with Crippen molar-refractivity contribution >= 4 is 40.0 Å². The lowest BCUT2D eigenvalue weighted by atomic mass is 10.1. The molecule has 2 aromatic heterocycles. The van der Waals surface area contributed by atoms with Crippen LogP contribution in [-0.2, 0) is 0 Å². The first-order valence-corrected chi connectivity index (χ1v) is 12.0. The van der Waals surface area contributed by atoms with E-state index in [-0.39, 0.29) is 31.0 Å². The number of halogens is 3. The van der Waals surface area contributed by atoms with Gasteiger partial charge in [-0.25, -0.2) is 15.0 Å². The van der Waals surface area contributed by atoms with Crippen LogP contribution >= 0.6 is 22.7 Å². The number of para-hydroxylation sites is 1. The maximum Gasteiger partial charge on any atom is 0.429 e. The lowest BCUT2D eigenvalue weighted by molar-refractivity contribution is -0.0605. The number of carbonyl (C=O) groups excluding carboxylic acids is 1. The summed E-state index contributed by atoms with van der Waals surface area (Å²) in [6.45, 7) is 0.281. The molecule has 4 rings (SSSR count). The molecule has 168 valence electrons. The number of nitrogens with zero attached hydrogens (tertiary/aromatic N) is 3. The highest BCUT2D eigenvalue weighted by Crippen LogP contribution is 2.46. The molecule has 0 unspecified atom stereocenters. The third-order valence-electron chi connectivity index (χ3n) is 4.91. The minimum Gasteiger partial charge on any atom is -0.351 e. The first kappa shape index (κ1) is 22.6. The van der Waals surface area contributed by atoms with E-state index in [2.05, 4.69) is 20.3 Å². The predicted molar refractivity (Wildman–Crippen MR) is 121 cm³/mol. The summed E-state index contributed by atoms with van der Waals surface area (Å²) in [7, 11) is 0. The SMILES string of the molecule is O=C(NCCCC/C(=N/c1ccccc1)C(F)(F)F)c1nc(-c2nccs2)sc1C1CC1. The van der Waals surface area contributed by atoms with Gasteiger partial charge in [0, 0.05) is 23.0 Å². The molecule has 0 atom stereocenters. The Balaban J connectivity index is 1.32. The number of alkyl halides is 3. The maximum atomic E-state index is 13.3. The van der Waals surface area contributed by atoms with Crippen LogP contribution in [0, 0.1) is 0 Å². The van der Waals surface area contributed by atoms with E-state index < -0.39 is 11.9 Å². The molecule has 0 radical (unpaired) electrons. The van der Waals surface area contributed by atoms with Crippen LogP contribution in [0.15, 0.2) is 46.9 Å². The quantitative estimate of drug-likeness (QED) is 0.287. The van der Waals surface area contributed by atoms with E-state index in [0.29, 0.717) is 18.0 Å². The van der Waals surface area contributed by atoms with Gasteiger partial charge in [-0.15, -0.1) is 22.7 Å². The van der Waals surface area contributed by atoms with Gasteiger partial charge in [0.25, 0.3) is 5.91 Å². The lowest BCUT2D eigenvalue weighted by Crippen LogP contribution is -2.26. The van der Waals surface area contributed by atoms with Crippen molar-refractivity contribution < 1.29 is 18.0 Å². The van der Waals surface area contributed by atoms with Crippen molar-refractivity contribution in [2.24, 2.45) is 4.99 Å². The van der Waals surface area contributed by atoms with E-state index in [1.54, 1.807) is 24.4 Å². The zero-order valence-corrected chi connectivity index (χ0v) is 18.7. The molecule has 32 heavy (non-hydrogen) atoms. The minimum absolute atomic E-state index is 0.202. The van der Waals surface area contributed by atoms with Crippen LogP contribution in [0.25, 0.3) is 10.0 Å². The van der Waals surface area contributed by atoms with Gasteiger partial charge in [-0.05, 0) is 50.2 Å². The van der Waals surface area contributed by atoms with Crippen molar-refractivity contribution in [2.75, 3.05) is 6.54 Å². The summed E-state index contributed by atoms with van der Waals surface area (Å²) >= 11 is 2.98. The monoisotopic (exact) mass is 478 g/mol. The van der Waals surface area contributed by atoms with E-state index in [0.717, 1.165) is 27.7 Å². The van der Waals surface area contributed by atoms with Crippen LogP contribution in [-0.4, -0.2) is 34.3 Å². The summed E-state index contributed by atoms with van der Waals surface area (Å²) in [6.07, 6.45) is -0.215. The molecule has 1 aromatic carbocycles. The number of aliphatic imine (C=N–C) groups is 1. The van der Waals surface area contributed by atoms with Crippen molar-refractivity contribution in [3.63, 3.8) is 0 Å². The zero-order valence-electron chi connectivity index (χ0n) is 17.1. The normalized spacial score (nSPS) is 14.5. The molecule has 1 N–H and O–H groups in total. The molecule has 0 saturated heterocycles. The van der Waals surface area contributed by atoms with Crippen molar-refractivity contribution in [3.05, 3.63) is 52.5 Å². The summed E-state index contributed by atoms with van der Waals surface area (Å²) in [5, 5.41) is 6.20. The number of benzene rings is 1. The van der Waals surface area contributed by atoms with E-state index in [9.17, 15) is 18.0 Å². The minimum atomic E-state index is -4.48. The van der Waals surface area contributed by atoms with Gasteiger partial charge in [0.05, 0.1) is 5.69 Å². The summed E-state index contributed by atoms with van der Waals surface area (Å²) < 4.78 is 39.9. The summed E-state index contributed by atoms with van der Waals surface area (Å²) in [5.41, 5.74) is -0.108. The number of hydrogen-bond acceptors (Lipinski definition) is 6. The smallest absolute Gasteiger partial charge is 0.351 e. The maximum absolute atomic E-state index is 13.3. The van der Waals surface area contributed by atoms with Gasteiger partial charge in [0.15, 0.2) is 10.0 Å². The van der Waals surface area contributed by atoms with Crippen molar-refractivity contribution in [1.82, 2.24) is 15.3 Å². The Morgan fingerprint density at radius 2 is 1.94 bits per heavy atom. The van der Waals surface area contributed by atoms with Crippen LogP contribution in [0.1, 0.15) is 53.4 Å². The molecular formula is C22H21F3N4OS2. The summed E-state index contributed by atoms with van der Waals surface area (Å²) in [5.74, 6) is 0.0884. The molecule has 1 aliphatic carbocycles. The van der Waals surface area contributed by atoms with Crippen molar-refractivity contribution in [3.8, 4) is 10.0 Å². The third-order valence-corrected chi connectivity index (χ3v) is 7.04. The first-order chi connectivity index (χ1) is 15.4. The van der Waals surface area contributed by atoms with E-state index in [1.165, 1.54) is 34.8 Å². The number of nitrogens with one attached hydrogen (secondary N) is 1. The fourth-order valence-electron chi connectivity index (χ4n) is 3.16. The zero-order chi connectivity index (χ0) is 22.6. The van der Waals surface area contributed by atoms with Crippen LogP contribution in [0.2, 0.25) is 0 Å². The fraction of sp³-hybridized carbons (Fsp3) is 0.364. The van der Waals surface area contributed by atoms with Gasteiger partial charge in [0.2, 0.25) is 0 Å². The average molecular weight is 479 g/mol. The van der Waals surface area contributed by atoms with Crippen molar-refractivity contribution in [2.45, 2.75) is 44.2 Å². The van der Waals surface area contributed by atoms with Gasteiger partial charge in [0.1, 0.15) is 11.4 Å². The second-order valence-electron chi connectivity index (χ2n) is 7.45. The molecule has 3 aromatic rings. The Morgan fingerprint density at radius 3 is 2.59 bits per heavy atom. The summed E-state index contributed by atoms with van der Waals surface area (Å²) in [4.78, 5) is 26.2. The van der Waals surface area contributed by atoms with Gasteiger partial charge in [-0.2, -0.15) is 13.2 Å². The second kappa shape index (κ2) is 9.91. The molecule has 1 amide bonds. The molecule has 1 fully saturated rings. The number of aromatic nitrogens is 2. The van der Waals surface area contributed by atoms with Gasteiger partial charge < -0.3 is 5.32 Å². The lowest BCUT2D eigenvalue weighted by Gasteiger charge is -2.11. The second-order valence-corrected chi connectivity index (χ2v) is 9.37. The van der Waals surface area contributed by atoms with Crippen LogP contribution in [0.3, 0.4) is 0 Å². The molecule has 0 aliphatic heterocycles. The topological polar surface area (TPSA) is 67.2 Å². The van der Waals surface area contributed by atoms with Gasteiger partial charge >= 0.3 is 6.18 Å². The van der Waals surface area contributed by atoms with Crippen LogP contribution < -0.4 is 5.32 Å². The Labute approximate surface area is 191 Å². The number of rotatable bonds is 9. The van der Waals surface area contributed by atoms with Gasteiger partial charge in [-0.1, -0.05) is 18.2 Å². The highest BCUT2D eigenvalue weighted by molar-refractivity contribution is 7.20. The number of unbranched alkanes of at least 4 members (excludes halogenated alkanes) is 1. The van der Waals surface area contributed by atoms with E-state index >= 15 is 0 Å². The van der Waals surface area contributed by atoms with Crippen LogP contribution in [0.5, 0.6) is 0 Å². The largest absolute Gasteiger partial charge is 0.429 e. The van der Waals surface area contributed by atoms with E-state index in [1.807, 2.05) is 5.38 Å². The Kier molecular flexibility index (Phi) is 7.00. The Morgan fingerprint density at radius 1 is 1.16 bits per heavy atom. The Hall–Kier alpha value is -2.59. The highest BCUT2D eigenvalue weighted by Gasteiger charge is 2.35. The highest BCUT2D eigenvalue weighted by atomic mass is 32.1. The van der Waals surface area contributed by atoms with Gasteiger partial charge in [-0.3, -0.25) is 4.79 Å². The first-order valence-electron chi connectivity index (χ1n) is 10.3. The molecule has 0 bridgehead atoms. The summed E-state index contributed by atoms with van der Waals surface area (Å²) in [6, 6.07) is 8.10. The number of carbonyl (C=O) groups is 1. The predicted octanol–water partition coefficient (Wildman–Crippen LogP) is 6.38. The molecule has 1 aliphatic rings.